The van der Waals surface area contributed by atoms with Gasteiger partial charge in [0, 0.05) is 36.8 Å². The van der Waals surface area contributed by atoms with Crippen LogP contribution in [0.4, 0.5) is 0 Å². The van der Waals surface area contributed by atoms with Crippen molar-refractivity contribution in [1.82, 2.24) is 10.4 Å². The summed E-state index contributed by atoms with van der Waals surface area (Å²) in [5, 5.41) is 8.93. The lowest BCUT2D eigenvalue weighted by molar-refractivity contribution is -0.140. The molecule has 0 saturated carbocycles. The predicted molar refractivity (Wildman–Crippen MR) is 104 cm³/mol. The molecule has 0 spiro atoms. The third-order valence-electron chi connectivity index (χ3n) is 5.50. The number of carbonyl (C=O) groups excluding carboxylic acids is 2. The van der Waals surface area contributed by atoms with Gasteiger partial charge in [0.05, 0.1) is 6.54 Å². The lowest BCUT2D eigenvalue weighted by Gasteiger charge is -2.30. The molecular weight excluding hydrogens is 372 g/mol. The van der Waals surface area contributed by atoms with Crippen LogP contribution in [0, 0.1) is 5.92 Å². The smallest absolute Gasteiger partial charge is 0.274 e. The molecule has 0 bridgehead atoms. The first-order valence-electron chi connectivity index (χ1n) is 9.81. The molecule has 1 fully saturated rings. The Kier molecular flexibility index (Phi) is 5.78. The number of nitrogens with one attached hydrogen (secondary N) is 1. The maximum Gasteiger partial charge on any atom is 0.274 e. The van der Waals surface area contributed by atoms with Gasteiger partial charge in [0.25, 0.3) is 5.91 Å². The van der Waals surface area contributed by atoms with E-state index in [9.17, 15) is 9.59 Å². The number of nitrogens with zero attached hydrogens (tertiary/aromatic N) is 1. The summed E-state index contributed by atoms with van der Waals surface area (Å²) in [6, 6.07) is 14.7. The molecule has 0 aliphatic carbocycles. The first kappa shape index (κ1) is 19.4. The Labute approximate surface area is 169 Å². The van der Waals surface area contributed by atoms with E-state index in [2.05, 4.69) is 0 Å². The summed E-state index contributed by atoms with van der Waals surface area (Å²) in [5.74, 6) is 0.0123. The summed E-state index contributed by atoms with van der Waals surface area (Å²) in [6.07, 6.45) is 1.11. The molecular formula is C22H24N2O5. The highest BCUT2D eigenvalue weighted by Gasteiger charge is 2.32. The average Bonchev–Trinajstić information content (AvgIpc) is 2.98. The van der Waals surface area contributed by atoms with Crippen molar-refractivity contribution in [2.45, 2.75) is 25.5 Å². The molecule has 152 valence electrons. The fourth-order valence-electron chi connectivity index (χ4n) is 3.87. The van der Waals surface area contributed by atoms with Gasteiger partial charge in [0.15, 0.2) is 0 Å². The molecule has 0 aromatic heterocycles. The Hall–Kier alpha value is -2.90. The maximum absolute atomic E-state index is 13.2. The molecule has 2 N–H and O–H groups in total. The minimum absolute atomic E-state index is 0.0406. The normalized spacial score (nSPS) is 19.6. The van der Waals surface area contributed by atoms with Gasteiger partial charge < -0.3 is 14.4 Å². The molecule has 7 heteroatoms. The Bertz CT molecular complexity index is 880. The summed E-state index contributed by atoms with van der Waals surface area (Å²) in [4.78, 5) is 26.9. The van der Waals surface area contributed by atoms with Gasteiger partial charge in [-0.3, -0.25) is 14.8 Å². The van der Waals surface area contributed by atoms with Crippen LogP contribution in [-0.4, -0.2) is 41.7 Å². The molecule has 1 atom stereocenters. The number of rotatable bonds is 3. The topological polar surface area (TPSA) is 88.1 Å². The van der Waals surface area contributed by atoms with E-state index < -0.39 is 5.91 Å². The van der Waals surface area contributed by atoms with Gasteiger partial charge in [-0.1, -0.05) is 36.4 Å². The van der Waals surface area contributed by atoms with Gasteiger partial charge in [-0.25, -0.2) is 5.48 Å². The van der Waals surface area contributed by atoms with Gasteiger partial charge in [0.2, 0.25) is 5.91 Å². The Balaban J connectivity index is 1.67. The van der Waals surface area contributed by atoms with E-state index in [1.54, 1.807) is 23.7 Å². The van der Waals surface area contributed by atoms with Crippen LogP contribution >= 0.6 is 0 Å². The van der Waals surface area contributed by atoms with Crippen molar-refractivity contribution < 1.29 is 24.3 Å². The molecule has 2 heterocycles. The van der Waals surface area contributed by atoms with Crippen LogP contribution in [0.15, 0.2) is 48.5 Å². The van der Waals surface area contributed by atoms with Crippen LogP contribution in [-0.2, 0) is 16.1 Å². The summed E-state index contributed by atoms with van der Waals surface area (Å²) in [6.45, 7) is 2.06. The lowest BCUT2D eigenvalue weighted by atomic mass is 9.98. The molecule has 2 aliphatic rings. The van der Waals surface area contributed by atoms with E-state index in [1.807, 2.05) is 35.2 Å². The standard InChI is InChI=1S/C22H24N2O5/c25-21(23-27)17-6-7-18-13-24(22(26)16-8-10-28-11-9-16)14-20(29-19(18)12-17)15-4-2-1-3-5-15/h1-7,12,16,20,27H,8-11,13-14H2,(H,23,25)/t20-/m1/s1. The van der Waals surface area contributed by atoms with E-state index in [0.29, 0.717) is 37.6 Å². The second-order valence-corrected chi connectivity index (χ2v) is 7.39. The zero-order valence-corrected chi connectivity index (χ0v) is 16.0. The fraction of sp³-hybridized carbons (Fsp3) is 0.364. The Morgan fingerprint density at radius 1 is 1.07 bits per heavy atom. The molecule has 29 heavy (non-hydrogen) atoms. The molecule has 4 rings (SSSR count). The van der Waals surface area contributed by atoms with Crippen LogP contribution in [0.2, 0.25) is 0 Å². The number of amides is 2. The SMILES string of the molecule is O=C(NO)c1ccc2c(c1)O[C@@H](c1ccccc1)CN(C(=O)C1CCOCC1)C2. The molecule has 0 radical (unpaired) electrons. The minimum Gasteiger partial charge on any atom is -0.483 e. The van der Waals surface area contributed by atoms with Crippen molar-refractivity contribution in [3.8, 4) is 5.75 Å². The highest BCUT2D eigenvalue weighted by atomic mass is 16.5. The predicted octanol–water partition coefficient (Wildman–Crippen LogP) is 2.69. The molecule has 0 unspecified atom stereocenters. The Morgan fingerprint density at radius 3 is 2.55 bits per heavy atom. The van der Waals surface area contributed by atoms with Gasteiger partial charge in [-0.2, -0.15) is 0 Å². The number of fused-ring (bicyclic) bond motifs is 1. The van der Waals surface area contributed by atoms with E-state index in [4.69, 9.17) is 14.7 Å². The summed E-state index contributed by atoms with van der Waals surface area (Å²) in [7, 11) is 0. The molecule has 2 aliphatic heterocycles. The number of benzene rings is 2. The van der Waals surface area contributed by atoms with Gasteiger partial charge >= 0.3 is 0 Å². The molecule has 1 saturated heterocycles. The number of carbonyl (C=O) groups is 2. The summed E-state index contributed by atoms with van der Waals surface area (Å²) < 4.78 is 11.7. The van der Waals surface area contributed by atoms with Crippen molar-refractivity contribution in [2.24, 2.45) is 5.92 Å². The number of hydrogen-bond acceptors (Lipinski definition) is 5. The third-order valence-corrected chi connectivity index (χ3v) is 5.50. The van der Waals surface area contributed by atoms with Crippen LogP contribution in [0.1, 0.15) is 40.4 Å². The van der Waals surface area contributed by atoms with E-state index >= 15 is 0 Å². The number of hydrogen-bond donors (Lipinski definition) is 2. The van der Waals surface area contributed by atoms with E-state index in [-0.39, 0.29) is 17.9 Å². The third kappa shape index (κ3) is 4.26. The largest absolute Gasteiger partial charge is 0.483 e. The number of hydroxylamine groups is 1. The van der Waals surface area contributed by atoms with Crippen molar-refractivity contribution >= 4 is 11.8 Å². The molecule has 2 aromatic carbocycles. The number of ether oxygens (including phenoxy) is 2. The van der Waals surface area contributed by atoms with Crippen LogP contribution in [0.25, 0.3) is 0 Å². The van der Waals surface area contributed by atoms with Crippen LogP contribution < -0.4 is 10.2 Å². The fourth-order valence-corrected chi connectivity index (χ4v) is 3.87. The first-order chi connectivity index (χ1) is 14.2. The summed E-state index contributed by atoms with van der Waals surface area (Å²) >= 11 is 0. The van der Waals surface area contributed by atoms with Crippen molar-refractivity contribution in [2.75, 3.05) is 19.8 Å². The van der Waals surface area contributed by atoms with Crippen molar-refractivity contribution in [1.29, 1.82) is 0 Å². The van der Waals surface area contributed by atoms with Gasteiger partial charge in [-0.05, 0) is 30.5 Å². The van der Waals surface area contributed by atoms with E-state index in [1.165, 1.54) is 0 Å². The zero-order chi connectivity index (χ0) is 20.2. The second-order valence-electron chi connectivity index (χ2n) is 7.39. The highest BCUT2D eigenvalue weighted by Crippen LogP contribution is 2.33. The highest BCUT2D eigenvalue weighted by molar-refractivity contribution is 5.93. The monoisotopic (exact) mass is 396 g/mol. The molecule has 2 aromatic rings. The zero-order valence-electron chi connectivity index (χ0n) is 16.0. The molecule has 7 nitrogen and oxygen atoms in total. The van der Waals surface area contributed by atoms with Crippen LogP contribution in [0.5, 0.6) is 5.75 Å². The minimum atomic E-state index is -0.605. The van der Waals surface area contributed by atoms with Crippen molar-refractivity contribution in [3.05, 3.63) is 65.2 Å². The lowest BCUT2D eigenvalue weighted by Crippen LogP contribution is -2.40. The van der Waals surface area contributed by atoms with Gasteiger partial charge in [-0.15, -0.1) is 0 Å². The van der Waals surface area contributed by atoms with E-state index in [0.717, 1.165) is 24.0 Å². The maximum atomic E-state index is 13.2. The first-order valence-corrected chi connectivity index (χ1v) is 9.81. The average molecular weight is 396 g/mol. The van der Waals surface area contributed by atoms with Crippen molar-refractivity contribution in [3.63, 3.8) is 0 Å². The quantitative estimate of drug-likeness (QED) is 0.615. The second kappa shape index (κ2) is 8.63. The molecule has 2 amide bonds. The Morgan fingerprint density at radius 2 is 1.83 bits per heavy atom. The van der Waals surface area contributed by atoms with Crippen LogP contribution in [0.3, 0.4) is 0 Å². The summed E-state index contributed by atoms with van der Waals surface area (Å²) in [5.41, 5.74) is 3.73. The van der Waals surface area contributed by atoms with Gasteiger partial charge in [0.1, 0.15) is 11.9 Å².